The molecule has 0 radical (unpaired) electrons. The quantitative estimate of drug-likeness (QED) is 0.916. The number of anilines is 1. The van der Waals surface area contributed by atoms with Crippen molar-refractivity contribution in [1.82, 2.24) is 0 Å². The van der Waals surface area contributed by atoms with Crippen molar-refractivity contribution in [3.63, 3.8) is 0 Å². The first kappa shape index (κ1) is 15.2. The van der Waals surface area contributed by atoms with Gasteiger partial charge in [-0.1, -0.05) is 40.9 Å². The molecule has 0 aliphatic heterocycles. The number of aryl methyl sites for hydroxylation is 1. The molecule has 2 rings (SSSR count). The fourth-order valence-corrected chi connectivity index (χ4v) is 3.17. The van der Waals surface area contributed by atoms with Gasteiger partial charge in [-0.05, 0) is 37.3 Å². The number of hydrogen-bond donors (Lipinski definition) is 1. The molecule has 0 bridgehead atoms. The predicted octanol–water partition coefficient (Wildman–Crippen LogP) is 4.15. The van der Waals surface area contributed by atoms with Crippen LogP contribution in [0.25, 0.3) is 0 Å². The minimum absolute atomic E-state index is 0.225. The van der Waals surface area contributed by atoms with Crippen LogP contribution in [0.5, 0.6) is 0 Å². The van der Waals surface area contributed by atoms with Gasteiger partial charge in [0.25, 0.3) is 0 Å². The molecular weight excluding hydrogens is 317 g/mol. The van der Waals surface area contributed by atoms with E-state index in [9.17, 15) is 8.42 Å². The summed E-state index contributed by atoms with van der Waals surface area (Å²) >= 11 is 11.8. The van der Waals surface area contributed by atoms with Gasteiger partial charge in [0.2, 0.25) is 0 Å². The largest absolute Gasteiger partial charge is 0.370 e. The second-order valence-corrected chi connectivity index (χ2v) is 7.21. The Morgan fingerprint density at radius 2 is 1.70 bits per heavy atom. The second kappa shape index (κ2) is 6.04. The minimum atomic E-state index is -3.40. The van der Waals surface area contributed by atoms with Crippen molar-refractivity contribution in [2.24, 2.45) is 0 Å². The van der Waals surface area contributed by atoms with Crippen molar-refractivity contribution in [3.8, 4) is 0 Å². The molecule has 0 unspecified atom stereocenters. The molecule has 0 aromatic heterocycles. The number of benzene rings is 2. The van der Waals surface area contributed by atoms with Gasteiger partial charge in [-0.25, -0.2) is 8.42 Å². The summed E-state index contributed by atoms with van der Waals surface area (Å²) < 4.78 is 24.3. The van der Waals surface area contributed by atoms with Crippen LogP contribution in [0.1, 0.15) is 5.56 Å². The molecule has 0 amide bonds. The lowest BCUT2D eigenvalue weighted by atomic mass is 10.2. The van der Waals surface area contributed by atoms with E-state index in [-0.39, 0.29) is 10.8 Å². The molecule has 0 saturated carbocycles. The summed E-state index contributed by atoms with van der Waals surface area (Å²) in [4.78, 5) is 0.278. The average molecular weight is 330 g/mol. The molecule has 0 saturated heterocycles. The maximum atomic E-state index is 12.2. The van der Waals surface area contributed by atoms with E-state index in [1.165, 1.54) is 0 Å². The molecule has 0 heterocycles. The minimum Gasteiger partial charge on any atom is -0.370 e. The highest BCUT2D eigenvalue weighted by atomic mass is 35.5. The van der Waals surface area contributed by atoms with Gasteiger partial charge in [0, 0.05) is 5.02 Å². The Hall–Kier alpha value is -1.23. The summed E-state index contributed by atoms with van der Waals surface area (Å²) in [5.41, 5.74) is 1.55. The van der Waals surface area contributed by atoms with Crippen molar-refractivity contribution >= 4 is 38.7 Å². The van der Waals surface area contributed by atoms with Crippen LogP contribution in [-0.4, -0.2) is 14.3 Å². The van der Waals surface area contributed by atoms with Crippen molar-refractivity contribution in [3.05, 3.63) is 58.1 Å². The third-order valence-electron chi connectivity index (χ3n) is 2.76. The Labute approximate surface area is 128 Å². The van der Waals surface area contributed by atoms with Crippen LogP contribution in [0.3, 0.4) is 0 Å². The summed E-state index contributed by atoms with van der Waals surface area (Å²) in [6.07, 6.45) is 0. The molecule has 0 fully saturated rings. The number of hydrogen-bond acceptors (Lipinski definition) is 3. The van der Waals surface area contributed by atoms with Crippen molar-refractivity contribution in [2.45, 2.75) is 11.8 Å². The van der Waals surface area contributed by atoms with Gasteiger partial charge in [-0.3, -0.25) is 0 Å². The van der Waals surface area contributed by atoms with Crippen LogP contribution in [0, 0.1) is 6.92 Å². The van der Waals surface area contributed by atoms with E-state index in [0.29, 0.717) is 15.7 Å². The van der Waals surface area contributed by atoms with Gasteiger partial charge in [0.15, 0.2) is 9.84 Å². The smallest absolute Gasteiger partial charge is 0.196 e. The Balaban J connectivity index is 2.15. The first-order valence-corrected chi connectivity index (χ1v) is 8.28. The zero-order valence-electron chi connectivity index (χ0n) is 10.7. The Kier molecular flexibility index (Phi) is 4.58. The first-order chi connectivity index (χ1) is 9.38. The van der Waals surface area contributed by atoms with Gasteiger partial charge in [-0.2, -0.15) is 0 Å². The molecule has 20 heavy (non-hydrogen) atoms. The molecule has 3 nitrogen and oxygen atoms in total. The van der Waals surface area contributed by atoms with Crippen LogP contribution in [0.4, 0.5) is 5.69 Å². The highest BCUT2D eigenvalue weighted by Crippen LogP contribution is 2.25. The van der Waals surface area contributed by atoms with Crippen LogP contribution >= 0.6 is 23.2 Å². The van der Waals surface area contributed by atoms with Gasteiger partial charge in [0.1, 0.15) is 5.88 Å². The summed E-state index contributed by atoms with van der Waals surface area (Å²) in [6, 6.07) is 11.6. The zero-order chi connectivity index (χ0) is 14.8. The van der Waals surface area contributed by atoms with Crippen molar-refractivity contribution < 1.29 is 8.42 Å². The number of sulfone groups is 1. The highest BCUT2D eigenvalue weighted by Gasteiger charge is 2.14. The van der Waals surface area contributed by atoms with Crippen LogP contribution in [0.15, 0.2) is 47.4 Å². The third kappa shape index (κ3) is 3.66. The van der Waals surface area contributed by atoms with Crippen LogP contribution in [-0.2, 0) is 9.84 Å². The normalized spacial score (nSPS) is 11.3. The molecule has 0 atom stereocenters. The average Bonchev–Trinajstić information content (AvgIpc) is 2.38. The maximum absolute atomic E-state index is 12.2. The maximum Gasteiger partial charge on any atom is 0.196 e. The summed E-state index contributed by atoms with van der Waals surface area (Å²) in [6.45, 7) is 1.90. The third-order valence-corrected chi connectivity index (χ3v) is 4.83. The topological polar surface area (TPSA) is 46.2 Å². The molecule has 106 valence electrons. The Morgan fingerprint density at radius 3 is 2.30 bits per heavy atom. The second-order valence-electron chi connectivity index (χ2n) is 4.37. The van der Waals surface area contributed by atoms with Crippen molar-refractivity contribution in [2.75, 3.05) is 11.2 Å². The summed E-state index contributed by atoms with van der Waals surface area (Å²) in [5, 5.41) is 3.70. The van der Waals surface area contributed by atoms with E-state index in [2.05, 4.69) is 5.32 Å². The predicted molar refractivity (Wildman–Crippen MR) is 83.3 cm³/mol. The van der Waals surface area contributed by atoms with E-state index >= 15 is 0 Å². The van der Waals surface area contributed by atoms with Gasteiger partial charge in [0.05, 0.1) is 15.6 Å². The van der Waals surface area contributed by atoms with Gasteiger partial charge < -0.3 is 5.32 Å². The fourth-order valence-electron chi connectivity index (χ4n) is 1.63. The van der Waals surface area contributed by atoms with E-state index in [4.69, 9.17) is 23.2 Å². The Morgan fingerprint density at radius 1 is 1.05 bits per heavy atom. The van der Waals surface area contributed by atoms with Gasteiger partial charge >= 0.3 is 0 Å². The summed E-state index contributed by atoms with van der Waals surface area (Å²) in [5.74, 6) is -0.225. The number of nitrogens with one attached hydrogen (secondary N) is 1. The molecule has 2 aromatic carbocycles. The zero-order valence-corrected chi connectivity index (χ0v) is 13.1. The van der Waals surface area contributed by atoms with E-state index in [1.807, 2.05) is 6.92 Å². The lowest BCUT2D eigenvalue weighted by Gasteiger charge is -2.10. The summed E-state index contributed by atoms with van der Waals surface area (Å²) in [7, 11) is -3.40. The van der Waals surface area contributed by atoms with E-state index in [0.717, 1.165) is 5.56 Å². The monoisotopic (exact) mass is 329 g/mol. The van der Waals surface area contributed by atoms with E-state index < -0.39 is 9.84 Å². The standard InChI is InChI=1S/C14H13Cl2NO2S/c1-10-2-5-12(6-3-10)20(18,19)9-17-14-7-4-11(15)8-13(14)16/h2-8,17H,9H2,1H3. The number of halogens is 2. The number of rotatable bonds is 4. The van der Waals surface area contributed by atoms with Crippen LogP contribution in [0.2, 0.25) is 10.0 Å². The molecule has 0 spiro atoms. The SMILES string of the molecule is Cc1ccc(S(=O)(=O)CNc2ccc(Cl)cc2Cl)cc1. The molecule has 0 aliphatic carbocycles. The molecule has 1 N–H and O–H groups in total. The lowest BCUT2D eigenvalue weighted by molar-refractivity contribution is 0.598. The van der Waals surface area contributed by atoms with Crippen LogP contribution < -0.4 is 5.32 Å². The lowest BCUT2D eigenvalue weighted by Crippen LogP contribution is -2.15. The fraction of sp³-hybridized carbons (Fsp3) is 0.143. The molecule has 6 heteroatoms. The van der Waals surface area contributed by atoms with E-state index in [1.54, 1.807) is 42.5 Å². The van der Waals surface area contributed by atoms with Gasteiger partial charge in [-0.15, -0.1) is 0 Å². The first-order valence-electron chi connectivity index (χ1n) is 5.87. The highest BCUT2D eigenvalue weighted by molar-refractivity contribution is 7.91. The molecule has 0 aliphatic rings. The molecule has 2 aromatic rings. The van der Waals surface area contributed by atoms with Crippen molar-refractivity contribution in [1.29, 1.82) is 0 Å². The Bertz CT molecular complexity index is 712. The molecular formula is C14H13Cl2NO2S.